The van der Waals surface area contributed by atoms with Gasteiger partial charge in [-0.15, -0.1) is 0 Å². The summed E-state index contributed by atoms with van der Waals surface area (Å²) in [6.07, 6.45) is 0. The zero-order valence-corrected chi connectivity index (χ0v) is 27.5. The van der Waals surface area contributed by atoms with Crippen LogP contribution in [0.1, 0.15) is 0 Å². The molecule has 16 heteroatoms. The molecule has 0 spiro atoms. The van der Waals surface area contributed by atoms with Gasteiger partial charge in [-0.1, -0.05) is 46.4 Å². The predicted molar refractivity (Wildman–Crippen MR) is 156 cm³/mol. The minimum atomic E-state index is -2.78. The molecule has 0 aliphatic carbocycles. The van der Waals surface area contributed by atoms with Crippen LogP contribution in [0.3, 0.4) is 0 Å². The minimum Gasteiger partial charge on any atom is -0.422 e. The highest BCUT2D eigenvalue weighted by Crippen LogP contribution is 2.51. The molecule has 180 valence electrons. The van der Waals surface area contributed by atoms with Crippen molar-refractivity contribution >= 4 is 129 Å². The predicted octanol–water partition coefficient (Wildman–Crippen LogP) is 8.99. The van der Waals surface area contributed by atoms with Crippen LogP contribution in [0, 0.1) is 7.14 Å². The van der Waals surface area contributed by atoms with Gasteiger partial charge in [0.05, 0.1) is 20.1 Å². The average molecular weight is 826 g/mol. The van der Waals surface area contributed by atoms with Crippen LogP contribution in [0.4, 0.5) is 0 Å². The molecule has 2 aromatic rings. The Morgan fingerprint density at radius 1 is 0.594 bits per heavy atom. The SMILES string of the molecule is COP(=S)(OC)Oc1cc(Cl)c(I)cc1Cl.COP(=S)(OC)Oc1cc(Cl)c(I)cc1Cl. The zero-order chi connectivity index (χ0) is 24.7. The van der Waals surface area contributed by atoms with Gasteiger partial charge >= 0.3 is 13.4 Å². The van der Waals surface area contributed by atoms with E-state index in [2.05, 4.69) is 45.2 Å². The average Bonchev–Trinajstić information content (AvgIpc) is 2.76. The standard InChI is InChI=1S/2C8H8Cl2IO3PS/c2*1-12-15(16,13-2)14-8-4-5(9)7(11)3-6(8)10/h2*3-4H,1-2H3. The van der Waals surface area contributed by atoms with Gasteiger partial charge < -0.3 is 27.1 Å². The van der Waals surface area contributed by atoms with E-state index in [-0.39, 0.29) is 0 Å². The van der Waals surface area contributed by atoms with E-state index in [1.54, 1.807) is 24.3 Å². The summed E-state index contributed by atoms with van der Waals surface area (Å²) in [6, 6.07) is 6.55. The molecule has 0 unspecified atom stereocenters. The zero-order valence-electron chi connectivity index (χ0n) is 16.7. The number of hydrogen-bond donors (Lipinski definition) is 0. The highest BCUT2D eigenvalue weighted by molar-refractivity contribution is 14.1. The Labute approximate surface area is 244 Å². The van der Waals surface area contributed by atoms with Crippen LogP contribution in [0.2, 0.25) is 20.1 Å². The molecular weight excluding hydrogens is 810 g/mol. The lowest BCUT2D eigenvalue weighted by molar-refractivity contribution is 0.272. The van der Waals surface area contributed by atoms with Gasteiger partial charge in [-0.2, -0.15) is 0 Å². The quantitative estimate of drug-likeness (QED) is 0.149. The van der Waals surface area contributed by atoms with E-state index in [1.807, 2.05) is 0 Å². The summed E-state index contributed by atoms with van der Waals surface area (Å²) < 4.78 is 32.5. The molecule has 0 fully saturated rings. The van der Waals surface area contributed by atoms with Gasteiger partial charge in [0.25, 0.3) is 0 Å². The van der Waals surface area contributed by atoms with Crippen LogP contribution in [0.5, 0.6) is 11.5 Å². The lowest BCUT2D eigenvalue weighted by atomic mass is 10.3. The summed E-state index contributed by atoms with van der Waals surface area (Å²) in [5.74, 6) is 0.721. The van der Waals surface area contributed by atoms with Crippen LogP contribution in [-0.2, 0) is 41.7 Å². The third-order valence-corrected chi connectivity index (χ3v) is 11.8. The normalized spacial score (nSPS) is 11.6. The first-order chi connectivity index (χ1) is 14.8. The fourth-order valence-corrected chi connectivity index (χ4v) is 5.67. The Balaban J connectivity index is 0.000000320. The van der Waals surface area contributed by atoms with E-state index in [1.165, 1.54) is 28.4 Å². The molecule has 0 amide bonds. The van der Waals surface area contributed by atoms with Gasteiger partial charge in [0.1, 0.15) is 11.5 Å². The maximum absolute atomic E-state index is 5.99. The van der Waals surface area contributed by atoms with Crippen molar-refractivity contribution in [2.45, 2.75) is 0 Å². The van der Waals surface area contributed by atoms with Crippen molar-refractivity contribution in [3.63, 3.8) is 0 Å². The molecule has 0 bridgehead atoms. The Hall–Kier alpha value is 1.80. The van der Waals surface area contributed by atoms with Crippen LogP contribution in [-0.4, -0.2) is 28.4 Å². The van der Waals surface area contributed by atoms with Crippen molar-refractivity contribution in [2.75, 3.05) is 28.4 Å². The lowest BCUT2D eigenvalue weighted by Gasteiger charge is -2.19. The second-order valence-electron chi connectivity index (χ2n) is 5.20. The summed E-state index contributed by atoms with van der Waals surface area (Å²) >= 11 is 38.2. The van der Waals surface area contributed by atoms with E-state index in [9.17, 15) is 0 Å². The van der Waals surface area contributed by atoms with Crippen LogP contribution in [0.25, 0.3) is 0 Å². The van der Waals surface area contributed by atoms with Crippen molar-refractivity contribution in [2.24, 2.45) is 0 Å². The molecule has 6 nitrogen and oxygen atoms in total. The number of halogens is 6. The van der Waals surface area contributed by atoms with Crippen molar-refractivity contribution < 1.29 is 27.1 Å². The molecule has 0 aliphatic heterocycles. The highest BCUT2D eigenvalue weighted by Gasteiger charge is 2.22. The second kappa shape index (κ2) is 14.5. The van der Waals surface area contributed by atoms with Crippen LogP contribution < -0.4 is 9.05 Å². The van der Waals surface area contributed by atoms with Crippen LogP contribution >= 0.6 is 105 Å². The van der Waals surface area contributed by atoms with E-state index < -0.39 is 13.4 Å². The van der Waals surface area contributed by atoms with Gasteiger partial charge in [-0.05, 0) is 57.3 Å². The van der Waals surface area contributed by atoms with Gasteiger partial charge in [-0.3, -0.25) is 0 Å². The molecule has 32 heavy (non-hydrogen) atoms. The summed E-state index contributed by atoms with van der Waals surface area (Å²) in [5.41, 5.74) is 0. The molecule has 0 saturated carbocycles. The summed E-state index contributed by atoms with van der Waals surface area (Å²) in [6.45, 7) is -5.55. The third-order valence-electron chi connectivity index (χ3n) is 3.26. The Morgan fingerprint density at radius 2 is 0.875 bits per heavy atom. The van der Waals surface area contributed by atoms with Crippen molar-refractivity contribution in [3.05, 3.63) is 51.5 Å². The second-order valence-corrected chi connectivity index (χ2v) is 15.5. The Morgan fingerprint density at radius 3 is 1.12 bits per heavy atom. The smallest absolute Gasteiger partial charge is 0.380 e. The topological polar surface area (TPSA) is 55.4 Å². The van der Waals surface area contributed by atoms with Gasteiger partial charge in [0.2, 0.25) is 0 Å². The van der Waals surface area contributed by atoms with Crippen molar-refractivity contribution in [1.82, 2.24) is 0 Å². The number of benzene rings is 2. The first kappa shape index (κ1) is 31.8. The molecule has 2 rings (SSSR count). The summed E-state index contributed by atoms with van der Waals surface area (Å²) in [4.78, 5) is 0. The lowest BCUT2D eigenvalue weighted by Crippen LogP contribution is -1.97. The molecular formula is C16H16Cl4I2O6P2S2. The van der Waals surface area contributed by atoms with Gasteiger partial charge in [0, 0.05) is 71.3 Å². The molecule has 0 radical (unpaired) electrons. The monoisotopic (exact) mass is 824 g/mol. The third kappa shape index (κ3) is 9.69. The molecule has 0 heterocycles. The molecule has 0 N–H and O–H groups in total. The largest absolute Gasteiger partial charge is 0.422 e. The fourth-order valence-electron chi connectivity index (χ4n) is 1.69. The molecule has 0 aromatic heterocycles. The maximum Gasteiger partial charge on any atom is 0.380 e. The number of hydrogen-bond acceptors (Lipinski definition) is 8. The van der Waals surface area contributed by atoms with Crippen LogP contribution in [0.15, 0.2) is 24.3 Å². The highest BCUT2D eigenvalue weighted by atomic mass is 127. The molecule has 2 aromatic carbocycles. The molecule has 0 atom stereocenters. The first-order valence-corrected chi connectivity index (χ1v) is 16.7. The van der Waals surface area contributed by atoms with Gasteiger partial charge in [0.15, 0.2) is 0 Å². The Kier molecular flexibility index (Phi) is 14.4. The minimum absolute atomic E-state index is 0.360. The molecule has 0 aliphatic rings. The van der Waals surface area contributed by atoms with Crippen molar-refractivity contribution in [3.8, 4) is 11.5 Å². The fraction of sp³-hybridized carbons (Fsp3) is 0.250. The molecule has 0 saturated heterocycles. The number of rotatable bonds is 8. The van der Waals surface area contributed by atoms with Crippen molar-refractivity contribution in [1.29, 1.82) is 0 Å². The Bertz CT molecular complexity index is 953. The van der Waals surface area contributed by atoms with E-state index in [0.717, 1.165) is 7.14 Å². The summed E-state index contributed by atoms with van der Waals surface area (Å²) in [5, 5.41) is 1.90. The first-order valence-electron chi connectivity index (χ1n) is 7.95. The maximum atomic E-state index is 5.99. The van der Waals surface area contributed by atoms with E-state index >= 15 is 0 Å². The van der Waals surface area contributed by atoms with E-state index in [4.69, 9.17) is 97.2 Å². The van der Waals surface area contributed by atoms with E-state index in [0.29, 0.717) is 31.6 Å². The summed E-state index contributed by atoms with van der Waals surface area (Å²) in [7, 11) is 5.69. The van der Waals surface area contributed by atoms with Gasteiger partial charge in [-0.25, -0.2) is 0 Å².